The van der Waals surface area contributed by atoms with Crippen LogP contribution in [-0.2, 0) is 0 Å². The highest BCUT2D eigenvalue weighted by atomic mass is 32.1. The van der Waals surface area contributed by atoms with Gasteiger partial charge in [0, 0.05) is 0 Å². The average Bonchev–Trinajstić information content (AvgIpc) is 2.73. The van der Waals surface area contributed by atoms with E-state index in [2.05, 4.69) is 20.5 Å². The van der Waals surface area contributed by atoms with Gasteiger partial charge in [-0.05, 0) is 25.2 Å². The van der Waals surface area contributed by atoms with Crippen molar-refractivity contribution < 1.29 is 4.79 Å². The maximum atomic E-state index is 11.8. The molecule has 0 saturated heterocycles. The summed E-state index contributed by atoms with van der Waals surface area (Å²) in [6.07, 6.45) is 0. The molecule has 2 aromatic heterocycles. The first-order valence-corrected chi connectivity index (χ1v) is 6.00. The number of hydrogen-bond acceptors (Lipinski definition) is 6. The standard InChI is InChI=1S/C8H8N4O2S2/c1-3-5(15-4(2)9-3)6(13)10-7-11-12-8(14)16-7/h1-2H3,(H,12,14)(H,10,11,13). The van der Waals surface area contributed by atoms with Crippen LogP contribution in [0.25, 0.3) is 0 Å². The summed E-state index contributed by atoms with van der Waals surface area (Å²) in [7, 11) is 0. The SMILES string of the molecule is Cc1nc(C)c(C(=O)Nc2n[nH]c(=O)s2)s1. The van der Waals surface area contributed by atoms with Crippen LogP contribution in [-0.4, -0.2) is 21.1 Å². The van der Waals surface area contributed by atoms with Crippen molar-refractivity contribution in [3.63, 3.8) is 0 Å². The number of carbonyl (C=O) groups is 1. The molecule has 0 spiro atoms. The van der Waals surface area contributed by atoms with Crippen molar-refractivity contribution in [2.45, 2.75) is 13.8 Å². The van der Waals surface area contributed by atoms with Crippen LogP contribution in [0.2, 0.25) is 0 Å². The van der Waals surface area contributed by atoms with E-state index in [1.54, 1.807) is 6.92 Å². The molecule has 84 valence electrons. The molecule has 6 nitrogen and oxygen atoms in total. The van der Waals surface area contributed by atoms with E-state index >= 15 is 0 Å². The van der Waals surface area contributed by atoms with Crippen molar-refractivity contribution in [1.82, 2.24) is 15.2 Å². The first-order chi connectivity index (χ1) is 7.56. The zero-order chi connectivity index (χ0) is 11.7. The van der Waals surface area contributed by atoms with Crippen molar-refractivity contribution in [3.05, 3.63) is 25.2 Å². The summed E-state index contributed by atoms with van der Waals surface area (Å²) in [6, 6.07) is 0. The molecule has 0 saturated carbocycles. The van der Waals surface area contributed by atoms with Gasteiger partial charge in [-0.15, -0.1) is 16.4 Å². The van der Waals surface area contributed by atoms with Crippen LogP contribution in [0.5, 0.6) is 0 Å². The molecule has 0 radical (unpaired) electrons. The van der Waals surface area contributed by atoms with Gasteiger partial charge in [-0.1, -0.05) is 0 Å². The van der Waals surface area contributed by atoms with E-state index in [4.69, 9.17) is 0 Å². The summed E-state index contributed by atoms with van der Waals surface area (Å²) in [5.74, 6) is -0.286. The molecule has 16 heavy (non-hydrogen) atoms. The van der Waals surface area contributed by atoms with Crippen LogP contribution in [0.4, 0.5) is 5.13 Å². The van der Waals surface area contributed by atoms with Crippen molar-refractivity contribution in [2.24, 2.45) is 0 Å². The number of nitrogens with one attached hydrogen (secondary N) is 2. The maximum absolute atomic E-state index is 11.8. The first kappa shape index (κ1) is 11.0. The third-order valence-corrected chi connectivity index (χ3v) is 3.50. The predicted octanol–water partition coefficient (Wildman–Crippen LogP) is 1.16. The molecule has 0 aromatic carbocycles. The third kappa shape index (κ3) is 2.17. The number of anilines is 1. The second kappa shape index (κ2) is 4.14. The van der Waals surface area contributed by atoms with Crippen LogP contribution in [0.15, 0.2) is 4.79 Å². The Balaban J connectivity index is 2.20. The molecule has 2 rings (SSSR count). The smallest absolute Gasteiger partial charge is 0.296 e. The predicted molar refractivity (Wildman–Crippen MR) is 62.3 cm³/mol. The normalized spacial score (nSPS) is 10.4. The lowest BCUT2D eigenvalue weighted by Gasteiger charge is -1.97. The lowest BCUT2D eigenvalue weighted by molar-refractivity contribution is 0.102. The Labute approximate surface area is 98.4 Å². The second-order valence-corrected chi connectivity index (χ2v) is 5.18. The van der Waals surface area contributed by atoms with E-state index in [9.17, 15) is 9.59 Å². The minimum Gasteiger partial charge on any atom is -0.296 e. The average molecular weight is 256 g/mol. The van der Waals surface area contributed by atoms with Crippen molar-refractivity contribution in [1.29, 1.82) is 0 Å². The minimum atomic E-state index is -0.299. The molecule has 0 aliphatic carbocycles. The maximum Gasteiger partial charge on any atom is 0.324 e. The molecule has 0 aliphatic rings. The van der Waals surface area contributed by atoms with Crippen LogP contribution < -0.4 is 10.2 Å². The Morgan fingerprint density at radius 2 is 2.12 bits per heavy atom. The molecular formula is C8H8N4O2S2. The topological polar surface area (TPSA) is 87.7 Å². The molecule has 0 atom stereocenters. The zero-order valence-electron chi connectivity index (χ0n) is 8.53. The van der Waals surface area contributed by atoms with Gasteiger partial charge >= 0.3 is 4.87 Å². The highest BCUT2D eigenvalue weighted by Gasteiger charge is 2.15. The first-order valence-electron chi connectivity index (χ1n) is 4.37. The molecule has 0 bridgehead atoms. The Kier molecular flexibility index (Phi) is 2.84. The van der Waals surface area contributed by atoms with Crippen LogP contribution in [0.1, 0.15) is 20.4 Å². The number of nitrogens with zero attached hydrogens (tertiary/aromatic N) is 2. The number of aromatic nitrogens is 3. The Bertz CT molecular complexity index is 583. The third-order valence-electron chi connectivity index (χ3n) is 1.77. The van der Waals surface area contributed by atoms with Gasteiger partial charge < -0.3 is 0 Å². The quantitative estimate of drug-likeness (QED) is 0.844. The summed E-state index contributed by atoms with van der Waals surface area (Å²) in [6.45, 7) is 3.60. The fourth-order valence-electron chi connectivity index (χ4n) is 1.18. The van der Waals surface area contributed by atoms with Crippen molar-refractivity contribution in [2.75, 3.05) is 5.32 Å². The molecule has 8 heteroatoms. The number of rotatable bonds is 2. The summed E-state index contributed by atoms with van der Waals surface area (Å²) < 4.78 is 0. The van der Waals surface area contributed by atoms with E-state index in [0.29, 0.717) is 10.6 Å². The van der Waals surface area contributed by atoms with E-state index in [-0.39, 0.29) is 15.9 Å². The molecule has 0 aliphatic heterocycles. The number of thiazole rings is 1. The molecular weight excluding hydrogens is 248 g/mol. The Morgan fingerprint density at radius 1 is 1.38 bits per heavy atom. The zero-order valence-corrected chi connectivity index (χ0v) is 10.2. The lowest BCUT2D eigenvalue weighted by atomic mass is 10.4. The summed E-state index contributed by atoms with van der Waals surface area (Å²) in [5.41, 5.74) is 0.683. The minimum absolute atomic E-state index is 0.264. The molecule has 1 amide bonds. The van der Waals surface area contributed by atoms with Crippen LogP contribution >= 0.6 is 22.7 Å². The number of hydrogen-bond donors (Lipinski definition) is 2. The number of aryl methyl sites for hydroxylation is 2. The van der Waals surface area contributed by atoms with Gasteiger partial charge in [-0.25, -0.2) is 10.1 Å². The molecule has 2 N–H and O–H groups in total. The summed E-state index contributed by atoms with van der Waals surface area (Å²) >= 11 is 2.17. The number of aromatic amines is 1. The molecule has 2 aromatic rings. The van der Waals surface area contributed by atoms with E-state index in [1.807, 2.05) is 6.92 Å². The van der Waals surface area contributed by atoms with Crippen LogP contribution in [0.3, 0.4) is 0 Å². The Morgan fingerprint density at radius 3 is 2.62 bits per heavy atom. The number of amides is 1. The second-order valence-electron chi connectivity index (χ2n) is 3.02. The highest BCUT2D eigenvalue weighted by molar-refractivity contribution is 7.14. The van der Waals surface area contributed by atoms with Gasteiger partial charge in [0.15, 0.2) is 0 Å². The van der Waals surface area contributed by atoms with E-state index in [1.165, 1.54) is 11.3 Å². The fourth-order valence-corrected chi connectivity index (χ4v) is 2.50. The van der Waals surface area contributed by atoms with Crippen molar-refractivity contribution >= 4 is 33.7 Å². The molecule has 0 unspecified atom stereocenters. The largest absolute Gasteiger partial charge is 0.324 e. The van der Waals surface area contributed by atoms with Gasteiger partial charge in [0.1, 0.15) is 4.88 Å². The van der Waals surface area contributed by atoms with Gasteiger partial charge in [0.05, 0.1) is 10.7 Å². The molecule has 0 fully saturated rings. The number of carbonyl (C=O) groups excluding carboxylic acids is 1. The highest BCUT2D eigenvalue weighted by Crippen LogP contribution is 2.18. The summed E-state index contributed by atoms with van der Waals surface area (Å²) in [5, 5.41) is 9.52. The Hall–Kier alpha value is -1.54. The summed E-state index contributed by atoms with van der Waals surface area (Å²) in [4.78, 5) is 27.0. The van der Waals surface area contributed by atoms with Crippen molar-refractivity contribution in [3.8, 4) is 0 Å². The van der Waals surface area contributed by atoms with E-state index in [0.717, 1.165) is 16.3 Å². The van der Waals surface area contributed by atoms with Gasteiger partial charge in [0.2, 0.25) is 5.13 Å². The fraction of sp³-hybridized carbons (Fsp3) is 0.250. The molecule has 2 heterocycles. The number of H-pyrrole nitrogens is 1. The van der Waals surface area contributed by atoms with Gasteiger partial charge in [0.25, 0.3) is 5.91 Å². The van der Waals surface area contributed by atoms with Crippen LogP contribution in [0, 0.1) is 13.8 Å². The van der Waals surface area contributed by atoms with E-state index < -0.39 is 0 Å². The van der Waals surface area contributed by atoms with Gasteiger partial charge in [-0.2, -0.15) is 0 Å². The lowest BCUT2D eigenvalue weighted by Crippen LogP contribution is -2.11. The monoisotopic (exact) mass is 256 g/mol. The van der Waals surface area contributed by atoms with Gasteiger partial charge in [-0.3, -0.25) is 14.9 Å².